The second-order valence-electron chi connectivity index (χ2n) is 4.48. The number of nitrogen functional groups attached to an aromatic ring is 1. The maximum absolute atomic E-state index is 9.02. The van der Waals surface area contributed by atoms with Crippen LogP contribution >= 0.6 is 0 Å². The number of anilines is 4. The van der Waals surface area contributed by atoms with Gasteiger partial charge in [0.2, 0.25) is 0 Å². The van der Waals surface area contributed by atoms with E-state index in [-0.39, 0.29) is 12.6 Å². The van der Waals surface area contributed by atoms with E-state index in [9.17, 15) is 0 Å². The summed E-state index contributed by atoms with van der Waals surface area (Å²) in [6.45, 7) is 1.85. The number of aliphatic hydroxyl groups is 1. The van der Waals surface area contributed by atoms with Crippen molar-refractivity contribution in [2.45, 2.75) is 13.0 Å². The molecule has 0 spiro atoms. The van der Waals surface area contributed by atoms with Crippen molar-refractivity contribution in [3.05, 3.63) is 30.2 Å². The van der Waals surface area contributed by atoms with Gasteiger partial charge in [-0.15, -0.1) is 0 Å². The highest BCUT2D eigenvalue weighted by atomic mass is 16.3. The largest absolute Gasteiger partial charge is 0.398 e. The second kappa shape index (κ2) is 6.62. The van der Waals surface area contributed by atoms with Crippen LogP contribution in [-0.4, -0.2) is 38.9 Å². The zero-order valence-electron chi connectivity index (χ0n) is 11.5. The molecule has 0 aromatic carbocycles. The molecule has 0 aliphatic heterocycles. The van der Waals surface area contributed by atoms with E-state index in [1.165, 1.54) is 12.5 Å². The van der Waals surface area contributed by atoms with Gasteiger partial charge in [-0.1, -0.05) is 0 Å². The van der Waals surface area contributed by atoms with Gasteiger partial charge in [-0.05, 0) is 6.92 Å². The molecule has 0 radical (unpaired) electrons. The number of aromatic nitrogens is 3. The van der Waals surface area contributed by atoms with Crippen molar-refractivity contribution in [3.8, 4) is 0 Å². The summed E-state index contributed by atoms with van der Waals surface area (Å²) < 4.78 is 0. The molecule has 0 saturated carbocycles. The summed E-state index contributed by atoms with van der Waals surface area (Å²) in [4.78, 5) is 12.3. The topological polar surface area (TPSA) is 133 Å². The van der Waals surface area contributed by atoms with Crippen LogP contribution in [0.25, 0.3) is 0 Å². The molecule has 2 rings (SSSR count). The number of rotatable bonds is 6. The molecule has 1 atom stereocenters. The molecule has 110 valence electrons. The van der Waals surface area contributed by atoms with Crippen LogP contribution in [0.4, 0.5) is 23.1 Å². The Morgan fingerprint density at radius 3 is 2.67 bits per heavy atom. The molecule has 2 aromatic rings. The van der Waals surface area contributed by atoms with E-state index in [2.05, 4.69) is 25.6 Å². The standard InChI is InChI=1S/C13H17N7O/c1-8(6-21)19-12-3-13(18-7-17-12)20-11-2-10(15)9(4-14)5-16-11/h2-5,7-8,14,21H,6H2,1H3,(H4,15,16,17,18,19,20)/t8-/m1/s1. The van der Waals surface area contributed by atoms with E-state index >= 15 is 0 Å². The third kappa shape index (κ3) is 3.86. The number of nitrogens with zero attached hydrogens (tertiary/aromatic N) is 3. The summed E-state index contributed by atoms with van der Waals surface area (Å²) in [5, 5.41) is 22.2. The first kappa shape index (κ1) is 14.7. The molecule has 6 N–H and O–H groups in total. The quantitative estimate of drug-likeness (QED) is 0.500. The van der Waals surface area contributed by atoms with Crippen LogP contribution in [0, 0.1) is 5.41 Å². The molecule has 0 saturated heterocycles. The van der Waals surface area contributed by atoms with Crippen molar-refractivity contribution in [2.75, 3.05) is 23.0 Å². The van der Waals surface area contributed by atoms with Gasteiger partial charge in [0.05, 0.1) is 6.61 Å². The lowest BCUT2D eigenvalue weighted by Crippen LogP contribution is -2.20. The predicted molar refractivity (Wildman–Crippen MR) is 82.0 cm³/mol. The molecule has 0 unspecified atom stereocenters. The van der Waals surface area contributed by atoms with Crippen LogP contribution in [0.1, 0.15) is 12.5 Å². The number of hydrogen-bond donors (Lipinski definition) is 5. The molecular weight excluding hydrogens is 270 g/mol. The predicted octanol–water partition coefficient (Wildman–Crippen LogP) is 0.988. The molecule has 2 aromatic heterocycles. The molecule has 0 bridgehead atoms. The Balaban J connectivity index is 2.14. The summed E-state index contributed by atoms with van der Waals surface area (Å²) in [6, 6.07) is 3.23. The van der Waals surface area contributed by atoms with Crippen LogP contribution in [-0.2, 0) is 0 Å². The maximum atomic E-state index is 9.02. The van der Waals surface area contributed by atoms with Crippen LogP contribution in [0.3, 0.4) is 0 Å². The van der Waals surface area contributed by atoms with E-state index in [1.807, 2.05) is 6.92 Å². The molecule has 0 fully saturated rings. The van der Waals surface area contributed by atoms with Crippen molar-refractivity contribution in [2.24, 2.45) is 0 Å². The number of nitrogens with two attached hydrogens (primary N) is 1. The Bertz CT molecular complexity index is 632. The van der Waals surface area contributed by atoms with Gasteiger partial charge in [-0.2, -0.15) is 0 Å². The van der Waals surface area contributed by atoms with E-state index in [4.69, 9.17) is 16.2 Å². The van der Waals surface area contributed by atoms with E-state index in [1.54, 1.807) is 12.1 Å². The SMILES string of the molecule is C[C@H](CO)Nc1cc(Nc2cc(N)c(C=N)cn2)ncn1. The maximum Gasteiger partial charge on any atom is 0.137 e. The average Bonchev–Trinajstić information content (AvgIpc) is 2.47. The van der Waals surface area contributed by atoms with Crippen molar-refractivity contribution in [1.29, 1.82) is 5.41 Å². The highest BCUT2D eigenvalue weighted by Crippen LogP contribution is 2.18. The Kier molecular flexibility index (Phi) is 4.62. The Labute approximate surface area is 122 Å². The van der Waals surface area contributed by atoms with Gasteiger partial charge >= 0.3 is 0 Å². The number of aliphatic hydroxyl groups excluding tert-OH is 1. The van der Waals surface area contributed by atoms with Gasteiger partial charge in [0.15, 0.2) is 0 Å². The number of hydrogen-bond acceptors (Lipinski definition) is 8. The third-order valence-corrected chi connectivity index (χ3v) is 2.72. The normalized spacial score (nSPS) is 11.7. The molecular formula is C13H17N7O. The first-order chi connectivity index (χ1) is 10.1. The van der Waals surface area contributed by atoms with Crippen molar-refractivity contribution >= 4 is 29.4 Å². The molecule has 0 aliphatic rings. The van der Waals surface area contributed by atoms with Gasteiger partial charge in [0.25, 0.3) is 0 Å². The van der Waals surface area contributed by atoms with Gasteiger partial charge in [0.1, 0.15) is 23.8 Å². The Morgan fingerprint density at radius 2 is 2.00 bits per heavy atom. The summed E-state index contributed by atoms with van der Waals surface area (Å²) in [7, 11) is 0. The second-order valence-corrected chi connectivity index (χ2v) is 4.48. The summed E-state index contributed by atoms with van der Waals surface area (Å²) >= 11 is 0. The molecule has 2 heterocycles. The highest BCUT2D eigenvalue weighted by molar-refractivity contribution is 5.85. The first-order valence-corrected chi connectivity index (χ1v) is 6.35. The monoisotopic (exact) mass is 287 g/mol. The van der Waals surface area contributed by atoms with Gasteiger partial charge in [-0.25, -0.2) is 15.0 Å². The molecule has 21 heavy (non-hydrogen) atoms. The average molecular weight is 287 g/mol. The lowest BCUT2D eigenvalue weighted by Gasteiger charge is -2.12. The zero-order valence-corrected chi connectivity index (χ0v) is 11.5. The molecule has 8 heteroatoms. The number of pyridine rings is 1. The van der Waals surface area contributed by atoms with Crippen molar-refractivity contribution < 1.29 is 5.11 Å². The summed E-state index contributed by atoms with van der Waals surface area (Å²) in [6.07, 6.45) is 4.07. The summed E-state index contributed by atoms with van der Waals surface area (Å²) in [5.74, 6) is 1.67. The van der Waals surface area contributed by atoms with Crippen molar-refractivity contribution in [3.63, 3.8) is 0 Å². The fraction of sp³-hybridized carbons (Fsp3) is 0.231. The fourth-order valence-corrected chi connectivity index (χ4v) is 1.60. The molecule has 0 amide bonds. The van der Waals surface area contributed by atoms with Crippen LogP contribution in [0.5, 0.6) is 0 Å². The van der Waals surface area contributed by atoms with E-state index in [0.29, 0.717) is 28.7 Å². The minimum Gasteiger partial charge on any atom is -0.398 e. The minimum atomic E-state index is -0.103. The van der Waals surface area contributed by atoms with Crippen LogP contribution in [0.15, 0.2) is 24.7 Å². The van der Waals surface area contributed by atoms with Crippen LogP contribution in [0.2, 0.25) is 0 Å². The molecule has 8 nitrogen and oxygen atoms in total. The van der Waals surface area contributed by atoms with Gasteiger partial charge in [-0.3, -0.25) is 0 Å². The van der Waals surface area contributed by atoms with E-state index < -0.39 is 0 Å². The lowest BCUT2D eigenvalue weighted by molar-refractivity contribution is 0.281. The fourth-order valence-electron chi connectivity index (χ4n) is 1.60. The van der Waals surface area contributed by atoms with Gasteiger partial charge < -0.3 is 26.9 Å². The van der Waals surface area contributed by atoms with Crippen LogP contribution < -0.4 is 16.4 Å². The highest BCUT2D eigenvalue weighted by Gasteiger charge is 2.05. The smallest absolute Gasteiger partial charge is 0.137 e. The molecule has 0 aliphatic carbocycles. The lowest BCUT2D eigenvalue weighted by atomic mass is 10.2. The van der Waals surface area contributed by atoms with E-state index in [0.717, 1.165) is 6.21 Å². The minimum absolute atomic E-state index is 0.00986. The summed E-state index contributed by atoms with van der Waals surface area (Å²) in [5.41, 5.74) is 6.81. The Hall–Kier alpha value is -2.74. The first-order valence-electron chi connectivity index (χ1n) is 6.35. The van der Waals surface area contributed by atoms with Gasteiger partial charge in [0, 0.05) is 41.8 Å². The third-order valence-electron chi connectivity index (χ3n) is 2.72. The Morgan fingerprint density at radius 1 is 1.29 bits per heavy atom. The van der Waals surface area contributed by atoms with Crippen molar-refractivity contribution in [1.82, 2.24) is 15.0 Å². The number of nitrogens with one attached hydrogen (secondary N) is 3. The zero-order chi connectivity index (χ0) is 15.2.